The Labute approximate surface area is 243 Å². The third kappa shape index (κ3) is 5.33. The van der Waals surface area contributed by atoms with Gasteiger partial charge in [0.25, 0.3) is 17.7 Å². The van der Waals surface area contributed by atoms with Crippen LogP contribution in [0.5, 0.6) is 5.75 Å². The van der Waals surface area contributed by atoms with Gasteiger partial charge in [-0.2, -0.15) is 19.1 Å². The molecule has 0 saturated heterocycles. The quantitative estimate of drug-likeness (QED) is 0.275. The number of anilines is 2. The maximum atomic E-state index is 15.1. The van der Waals surface area contributed by atoms with E-state index in [4.69, 9.17) is 4.74 Å². The molecule has 2 amide bonds. The number of halogens is 2. The number of nitriles is 1. The lowest BCUT2D eigenvalue weighted by molar-refractivity contribution is 0.0428. The van der Waals surface area contributed by atoms with E-state index in [1.807, 2.05) is 33.8 Å². The summed E-state index contributed by atoms with van der Waals surface area (Å²) in [7, 11) is 1.43. The largest absolute Gasteiger partial charge is 0.495 e. The third-order valence-corrected chi connectivity index (χ3v) is 7.18. The summed E-state index contributed by atoms with van der Waals surface area (Å²) in [6, 6.07) is 18.9. The smallest absolute Gasteiger partial charge is 0.298 e. The van der Waals surface area contributed by atoms with Crippen molar-refractivity contribution in [2.45, 2.75) is 45.7 Å². The highest BCUT2D eigenvalue weighted by atomic mass is 19.3. The van der Waals surface area contributed by atoms with Crippen LogP contribution >= 0.6 is 0 Å². The van der Waals surface area contributed by atoms with Gasteiger partial charge in [-0.3, -0.25) is 14.3 Å². The predicted molar refractivity (Wildman–Crippen MR) is 156 cm³/mol. The average Bonchev–Trinajstić information content (AvgIpc) is 3.45. The van der Waals surface area contributed by atoms with E-state index in [2.05, 4.69) is 10.4 Å². The van der Waals surface area contributed by atoms with Crippen LogP contribution in [0.15, 0.2) is 79.0 Å². The van der Waals surface area contributed by atoms with Crippen molar-refractivity contribution >= 4 is 23.2 Å². The molecule has 0 saturated carbocycles. The molecule has 10 heteroatoms. The van der Waals surface area contributed by atoms with Gasteiger partial charge >= 0.3 is 0 Å². The Morgan fingerprint density at radius 2 is 1.64 bits per heavy atom. The number of amides is 2. The van der Waals surface area contributed by atoms with Crippen LogP contribution in [0.2, 0.25) is 0 Å². The minimum atomic E-state index is -3.20. The Kier molecular flexibility index (Phi) is 8.71. The SMILES string of the molecule is CC.COc1ccc(C(=O)Nc2cnn3c2C(=O)N(c2ccc(C(F)(F)c4ccccc4)cc2)[C@@H](C)C3C)cc1C#N. The first-order chi connectivity index (χ1) is 20.2. The molecule has 1 aliphatic heterocycles. The van der Waals surface area contributed by atoms with E-state index in [1.165, 1.54) is 72.8 Å². The number of alkyl halides is 2. The first-order valence-corrected chi connectivity index (χ1v) is 13.5. The zero-order valence-electron chi connectivity index (χ0n) is 23.9. The minimum Gasteiger partial charge on any atom is -0.495 e. The van der Waals surface area contributed by atoms with Crippen LogP contribution in [0.25, 0.3) is 0 Å². The van der Waals surface area contributed by atoms with Crippen LogP contribution in [-0.4, -0.2) is 34.7 Å². The molecule has 4 aromatic rings. The number of rotatable bonds is 6. The summed E-state index contributed by atoms with van der Waals surface area (Å²) in [6.07, 6.45) is 1.40. The van der Waals surface area contributed by atoms with Crippen LogP contribution in [0.4, 0.5) is 20.2 Å². The van der Waals surface area contributed by atoms with Crippen LogP contribution in [-0.2, 0) is 5.92 Å². The van der Waals surface area contributed by atoms with Crippen molar-refractivity contribution in [2.75, 3.05) is 17.3 Å². The van der Waals surface area contributed by atoms with Gasteiger partial charge in [0.2, 0.25) is 0 Å². The Balaban J connectivity index is 0.00000198. The van der Waals surface area contributed by atoms with Crippen molar-refractivity contribution in [1.82, 2.24) is 9.78 Å². The second-order valence-corrected chi connectivity index (χ2v) is 9.48. The second kappa shape index (κ2) is 12.2. The van der Waals surface area contributed by atoms with E-state index >= 15 is 8.78 Å². The molecule has 0 fully saturated rings. The Hall–Kier alpha value is -5.04. The molecule has 0 radical (unpaired) electrons. The number of nitrogens with one attached hydrogen (secondary N) is 1. The van der Waals surface area contributed by atoms with Gasteiger partial charge in [-0.05, 0) is 44.2 Å². The number of hydrogen-bond acceptors (Lipinski definition) is 5. The van der Waals surface area contributed by atoms with Gasteiger partial charge in [-0.15, -0.1) is 0 Å². The van der Waals surface area contributed by atoms with E-state index in [1.54, 1.807) is 22.9 Å². The highest BCUT2D eigenvalue weighted by Crippen LogP contribution is 2.38. The number of benzene rings is 3. The van der Waals surface area contributed by atoms with Gasteiger partial charge in [0.1, 0.15) is 11.8 Å². The van der Waals surface area contributed by atoms with Crippen molar-refractivity contribution in [3.63, 3.8) is 0 Å². The summed E-state index contributed by atoms with van der Waals surface area (Å²) < 4.78 is 36.8. The molecule has 2 heterocycles. The Morgan fingerprint density at radius 1 is 1.00 bits per heavy atom. The Morgan fingerprint density at radius 3 is 2.26 bits per heavy atom. The fourth-order valence-electron chi connectivity index (χ4n) is 4.82. The number of carbonyl (C=O) groups is 2. The van der Waals surface area contributed by atoms with E-state index in [0.717, 1.165) is 0 Å². The molecule has 1 aromatic heterocycles. The summed E-state index contributed by atoms with van der Waals surface area (Å²) in [5.74, 6) is -3.84. The van der Waals surface area contributed by atoms with Crippen LogP contribution in [0, 0.1) is 11.3 Å². The van der Waals surface area contributed by atoms with Gasteiger partial charge in [-0.1, -0.05) is 56.3 Å². The fourth-order valence-corrected chi connectivity index (χ4v) is 4.82. The molecule has 3 aromatic carbocycles. The summed E-state index contributed by atoms with van der Waals surface area (Å²) in [5, 5.41) is 16.4. The zero-order chi connectivity index (χ0) is 30.6. The van der Waals surface area contributed by atoms with E-state index in [0.29, 0.717) is 11.4 Å². The summed E-state index contributed by atoms with van der Waals surface area (Å²) in [6.45, 7) is 7.73. The highest BCUT2D eigenvalue weighted by molar-refractivity contribution is 6.13. The number of nitrogens with zero attached hydrogens (tertiary/aromatic N) is 4. The predicted octanol–water partition coefficient (Wildman–Crippen LogP) is 6.79. The first kappa shape index (κ1) is 29.9. The average molecular weight is 572 g/mol. The van der Waals surface area contributed by atoms with Crippen molar-refractivity contribution < 1.29 is 23.1 Å². The molecule has 216 valence electrons. The first-order valence-electron chi connectivity index (χ1n) is 13.5. The molecule has 42 heavy (non-hydrogen) atoms. The molecule has 5 rings (SSSR count). The monoisotopic (exact) mass is 571 g/mol. The van der Waals surface area contributed by atoms with Gasteiger partial charge in [0.15, 0.2) is 5.69 Å². The minimum absolute atomic E-state index is 0.123. The molecule has 1 aliphatic rings. The van der Waals surface area contributed by atoms with Gasteiger partial charge < -0.3 is 15.0 Å². The fraction of sp³-hybridized carbons (Fsp3) is 0.250. The van der Waals surface area contributed by atoms with Gasteiger partial charge in [0.05, 0.1) is 36.6 Å². The molecule has 8 nitrogen and oxygen atoms in total. The molecule has 1 N–H and O–H groups in total. The molecule has 0 aliphatic carbocycles. The van der Waals surface area contributed by atoms with Crippen LogP contribution in [0.1, 0.15) is 71.3 Å². The van der Waals surface area contributed by atoms with Crippen molar-refractivity contribution in [2.24, 2.45) is 0 Å². The molecular formula is C32H31F2N5O3. The summed E-state index contributed by atoms with van der Waals surface area (Å²) in [4.78, 5) is 28.3. The van der Waals surface area contributed by atoms with Crippen molar-refractivity contribution in [3.8, 4) is 11.8 Å². The number of hydrogen-bond donors (Lipinski definition) is 1. The second-order valence-electron chi connectivity index (χ2n) is 9.48. The normalized spacial score (nSPS) is 16.0. The van der Waals surface area contributed by atoms with Gasteiger partial charge in [0, 0.05) is 22.4 Å². The maximum Gasteiger partial charge on any atom is 0.298 e. The molecule has 2 atom stereocenters. The number of ether oxygens (including phenoxy) is 1. The highest BCUT2D eigenvalue weighted by Gasteiger charge is 2.40. The summed E-state index contributed by atoms with van der Waals surface area (Å²) in [5.41, 5.74) is 0.873. The zero-order valence-corrected chi connectivity index (χ0v) is 23.9. The lowest BCUT2D eigenvalue weighted by Crippen LogP contribution is -2.49. The van der Waals surface area contributed by atoms with Crippen LogP contribution < -0.4 is 15.0 Å². The molecule has 0 bridgehead atoms. The lowest BCUT2D eigenvalue weighted by atomic mass is 9.99. The number of aromatic nitrogens is 2. The Bertz CT molecular complexity index is 1630. The van der Waals surface area contributed by atoms with Gasteiger partial charge in [-0.25, -0.2) is 0 Å². The molecule has 0 spiro atoms. The van der Waals surface area contributed by atoms with E-state index in [9.17, 15) is 14.9 Å². The third-order valence-electron chi connectivity index (χ3n) is 7.18. The van der Waals surface area contributed by atoms with E-state index < -0.39 is 17.7 Å². The molecular weight excluding hydrogens is 540 g/mol. The van der Waals surface area contributed by atoms with Crippen LogP contribution in [0.3, 0.4) is 0 Å². The van der Waals surface area contributed by atoms with Crippen molar-refractivity contribution in [1.29, 1.82) is 5.26 Å². The van der Waals surface area contributed by atoms with E-state index in [-0.39, 0.29) is 45.7 Å². The maximum absolute atomic E-state index is 15.1. The topological polar surface area (TPSA) is 100 Å². The summed E-state index contributed by atoms with van der Waals surface area (Å²) >= 11 is 0. The number of methoxy groups -OCH3 is 1. The number of carbonyl (C=O) groups excluding carboxylic acids is 2. The number of fused-ring (bicyclic) bond motifs is 1. The van der Waals surface area contributed by atoms with Crippen molar-refractivity contribution in [3.05, 3.63) is 107 Å². The standard InChI is InChI=1S/C30H25F2N5O3.C2H6/c1-18-19(2)37-27(25(17-34-37)35-28(38)20-9-14-26(40-3)21(15-20)16-33)29(39)36(18)24-12-10-23(11-13-24)30(31,32)22-7-5-4-6-8-22;1-2/h4-15,17-19H,1-3H3,(H,35,38);1-2H3/t18-,19?;/m0./s1. The lowest BCUT2D eigenvalue weighted by Gasteiger charge is -2.38. The molecule has 1 unspecified atom stereocenters.